The molecular weight excluding hydrogens is 653 g/mol. The molecule has 0 spiro atoms. The molecule has 2 aromatic rings. The van der Waals surface area contributed by atoms with Crippen LogP contribution in [0.5, 0.6) is 5.75 Å². The summed E-state index contributed by atoms with van der Waals surface area (Å²) < 4.78 is 0.110. The van der Waals surface area contributed by atoms with Gasteiger partial charge in [0, 0.05) is 80.3 Å². The number of nitrogens with one attached hydrogen (secondary N) is 2. The number of phenols is 1. The first-order valence-electron chi connectivity index (χ1n) is 18.3. The molecular formula is C39H60N4O6S. The molecule has 0 radical (unpaired) electrons. The molecule has 2 aliphatic rings. The van der Waals surface area contributed by atoms with Crippen molar-refractivity contribution >= 4 is 51.9 Å². The number of carbonyl (C=O) groups is 4. The normalized spacial score (nSPS) is 16.5. The zero-order valence-corrected chi connectivity index (χ0v) is 32.0. The molecule has 3 heterocycles. The number of ketones is 1. The number of H-pyrrole nitrogens is 1. The van der Waals surface area contributed by atoms with Crippen LogP contribution in [0.4, 0.5) is 5.69 Å². The third-order valence-corrected chi connectivity index (χ3v) is 10.5. The van der Waals surface area contributed by atoms with Gasteiger partial charge in [-0.2, -0.15) is 0 Å². The Morgan fingerprint density at radius 3 is 2.30 bits per heavy atom. The number of unbranched alkanes of at least 4 members (excludes halogenated alkanes) is 4. The van der Waals surface area contributed by atoms with Gasteiger partial charge in [-0.1, -0.05) is 33.6 Å². The van der Waals surface area contributed by atoms with Crippen LogP contribution >= 0.6 is 0 Å². The van der Waals surface area contributed by atoms with Crippen molar-refractivity contribution in [2.24, 2.45) is 11.3 Å². The number of Topliss-reactive ketones (excluding diaryl/α,β-unsaturated/α-hetero) is 1. The summed E-state index contributed by atoms with van der Waals surface area (Å²) in [6.07, 6.45) is 11.8. The highest BCUT2D eigenvalue weighted by atomic mass is 32.2. The van der Waals surface area contributed by atoms with Crippen molar-refractivity contribution < 1.29 is 29.8 Å². The lowest BCUT2D eigenvalue weighted by Gasteiger charge is -2.21. The molecule has 1 fully saturated rings. The van der Waals surface area contributed by atoms with E-state index >= 15 is 0 Å². The van der Waals surface area contributed by atoms with E-state index in [4.69, 9.17) is 0 Å². The summed E-state index contributed by atoms with van der Waals surface area (Å²) in [5.41, 5.74) is 3.41. The van der Waals surface area contributed by atoms with Crippen LogP contribution in [0.3, 0.4) is 0 Å². The lowest BCUT2D eigenvalue weighted by atomic mass is 9.88. The van der Waals surface area contributed by atoms with Crippen LogP contribution in [0.1, 0.15) is 118 Å². The molecule has 3 amide bonds. The summed E-state index contributed by atoms with van der Waals surface area (Å²) in [4.78, 5) is 55.2. The van der Waals surface area contributed by atoms with Crippen LogP contribution in [0.25, 0.3) is 10.9 Å². The summed E-state index contributed by atoms with van der Waals surface area (Å²) in [6.45, 7) is 16.3. The van der Waals surface area contributed by atoms with E-state index in [-0.39, 0.29) is 33.4 Å². The number of hydrogen-bond donors (Lipinski definition) is 3. The third kappa shape index (κ3) is 12.2. The second-order valence-electron chi connectivity index (χ2n) is 16.1. The summed E-state index contributed by atoms with van der Waals surface area (Å²) in [5, 5.41) is 16.5. The van der Waals surface area contributed by atoms with E-state index in [2.05, 4.69) is 62.8 Å². The van der Waals surface area contributed by atoms with Gasteiger partial charge >= 0.3 is 0 Å². The maximum absolute atomic E-state index is 12.7. The van der Waals surface area contributed by atoms with Gasteiger partial charge in [-0.25, -0.2) is 0 Å². The molecule has 0 saturated carbocycles. The minimum absolute atomic E-state index is 0. The number of hydrogen-bond acceptors (Lipinski definition) is 7. The lowest BCUT2D eigenvalue weighted by molar-refractivity contribution is -0.137. The number of fused-ring (bicyclic) bond motifs is 1. The van der Waals surface area contributed by atoms with Crippen LogP contribution < -0.4 is 10.2 Å². The first-order chi connectivity index (χ1) is 23.1. The first-order valence-corrected chi connectivity index (χ1v) is 19.2. The number of benzene rings is 1. The molecule has 2 aliphatic heterocycles. The van der Waals surface area contributed by atoms with Crippen LogP contribution in [0.2, 0.25) is 0 Å². The fourth-order valence-corrected chi connectivity index (χ4v) is 8.00. The van der Waals surface area contributed by atoms with Crippen molar-refractivity contribution in [2.45, 2.75) is 128 Å². The summed E-state index contributed by atoms with van der Waals surface area (Å²) in [6, 6.07) is 3.92. The van der Waals surface area contributed by atoms with Gasteiger partial charge in [0.25, 0.3) is 11.8 Å². The molecule has 1 aromatic heterocycles. The van der Waals surface area contributed by atoms with Gasteiger partial charge in [-0.3, -0.25) is 24.1 Å². The zero-order valence-electron chi connectivity index (χ0n) is 31.1. The number of carbonyl (C=O) groups excluding carboxylic acids is 4. The molecule has 11 heteroatoms. The molecule has 4 N–H and O–H groups in total. The van der Waals surface area contributed by atoms with Gasteiger partial charge in [-0.15, -0.1) is 0 Å². The van der Waals surface area contributed by atoms with E-state index in [9.17, 15) is 24.3 Å². The second kappa shape index (κ2) is 18.3. The van der Waals surface area contributed by atoms with E-state index in [0.29, 0.717) is 56.2 Å². The molecule has 0 bridgehead atoms. The number of nitrogens with zero attached hydrogens (tertiary/aromatic N) is 2. The van der Waals surface area contributed by atoms with Gasteiger partial charge in [0.2, 0.25) is 10.9 Å². The molecule has 1 saturated heterocycles. The molecule has 1 atom stereocenters. The number of aromatic nitrogens is 1. The van der Waals surface area contributed by atoms with E-state index in [1.807, 2.05) is 6.07 Å². The highest BCUT2D eigenvalue weighted by molar-refractivity contribution is 7.80. The Balaban J connectivity index is 0.00000676. The first kappa shape index (κ1) is 41.1. The summed E-state index contributed by atoms with van der Waals surface area (Å²) >= 11 is 1.25. The molecule has 278 valence electrons. The minimum Gasteiger partial charge on any atom is -0.870 e. The second-order valence-corrected chi connectivity index (χ2v) is 18.2. The van der Waals surface area contributed by atoms with Crippen molar-refractivity contribution in [3.05, 3.63) is 29.8 Å². The van der Waals surface area contributed by atoms with Crippen molar-refractivity contribution in [2.75, 3.05) is 31.1 Å². The smallest absolute Gasteiger partial charge is 0.253 e. The number of aromatic amines is 1. The highest BCUT2D eigenvalue weighted by Crippen LogP contribution is 2.42. The number of amides is 3. The molecule has 1 unspecified atom stereocenters. The molecule has 50 heavy (non-hydrogen) atoms. The Labute approximate surface area is 302 Å². The van der Waals surface area contributed by atoms with E-state index < -0.39 is 0 Å². The Hall–Kier alpha value is -3.31. The van der Waals surface area contributed by atoms with Crippen molar-refractivity contribution in [1.82, 2.24) is 15.2 Å². The van der Waals surface area contributed by atoms with E-state index in [1.54, 1.807) is 0 Å². The minimum atomic E-state index is -0.260. The summed E-state index contributed by atoms with van der Waals surface area (Å²) in [5.74, 6) is 0.543. The van der Waals surface area contributed by atoms with Crippen molar-refractivity contribution in [3.8, 4) is 5.75 Å². The van der Waals surface area contributed by atoms with Crippen LogP contribution in [0, 0.1) is 11.3 Å². The van der Waals surface area contributed by atoms with Crippen molar-refractivity contribution in [1.29, 1.82) is 0 Å². The Morgan fingerprint density at radius 1 is 0.940 bits per heavy atom. The summed E-state index contributed by atoms with van der Waals surface area (Å²) in [7, 11) is 0. The number of rotatable bonds is 18. The average molecular weight is 713 g/mol. The van der Waals surface area contributed by atoms with Gasteiger partial charge < -0.3 is 25.8 Å². The zero-order chi connectivity index (χ0) is 35.8. The molecule has 1 aromatic carbocycles. The standard InChI is InChI=1S/C39H58N4O5S.H2O/c1-38(2,3)25-30-29-17-18-31(45)36(35(29)41-37(30)49-39(4,5)6)42-24-21-27(26-42)15-16-28(44)13-9-7-11-22-40-32(46)14-10-8-12-23-43-33(47)19-20-34(43)48;/h17-20,27,41,45H,7-16,21-26H2,1-6H3,(H,40,46);1H2. The maximum Gasteiger partial charge on any atom is 0.253 e. The Bertz CT molecular complexity index is 1500. The quantitative estimate of drug-likeness (QED) is 0.0682. The fraction of sp³-hybridized carbons (Fsp3) is 0.641. The Kier molecular flexibility index (Phi) is 15.0. The molecule has 4 rings (SSSR count). The third-order valence-electron chi connectivity index (χ3n) is 9.24. The van der Waals surface area contributed by atoms with Crippen LogP contribution in [-0.4, -0.2) is 74.9 Å². The monoisotopic (exact) mass is 712 g/mol. The van der Waals surface area contributed by atoms with Gasteiger partial charge in [0.1, 0.15) is 22.0 Å². The van der Waals surface area contributed by atoms with Gasteiger partial charge in [-0.05, 0) is 89.2 Å². The van der Waals surface area contributed by atoms with Crippen molar-refractivity contribution in [3.63, 3.8) is 0 Å². The fourth-order valence-electron chi connectivity index (χ4n) is 6.83. The number of imide groups is 1. The van der Waals surface area contributed by atoms with Gasteiger partial charge in [0.05, 0.1) is 5.52 Å². The topological polar surface area (TPSA) is 153 Å². The lowest BCUT2D eigenvalue weighted by Crippen LogP contribution is -2.30. The van der Waals surface area contributed by atoms with Crippen LogP contribution in [-0.2, 0) is 37.4 Å². The predicted octanol–water partition coefficient (Wildman–Crippen LogP) is 6.60. The number of aromatic hydroxyl groups is 1. The van der Waals surface area contributed by atoms with Gasteiger partial charge in [0.15, 0.2) is 0 Å². The Morgan fingerprint density at radius 2 is 1.62 bits per heavy atom. The number of anilines is 1. The van der Waals surface area contributed by atoms with Crippen LogP contribution in [0.15, 0.2) is 29.3 Å². The van der Waals surface area contributed by atoms with E-state index in [0.717, 1.165) is 75.7 Å². The van der Waals surface area contributed by atoms with E-state index in [1.165, 1.54) is 44.8 Å². The number of phenolic OH excluding ortho intramolecular Hbond substituents is 1. The largest absolute Gasteiger partial charge is 0.870 e. The molecule has 0 aliphatic carbocycles. The molecule has 10 nitrogen and oxygen atoms in total. The number of thiol groups is 1. The predicted molar refractivity (Wildman–Crippen MR) is 202 cm³/mol. The maximum atomic E-state index is 12.7. The SMILES string of the molecule is CC(C)(C)Cc1c([SH+]C(C)(C)C)[nH]c2c(N3CCC(CCC(=O)CCCCCNC(=O)CCCCCN4C(=O)C=CC4=O)C3)c(O)ccc12.[OH-]. The average Bonchev–Trinajstić information content (AvgIpc) is 3.69. The highest BCUT2D eigenvalue weighted by Gasteiger charge is 2.32.